The van der Waals surface area contributed by atoms with Crippen LogP contribution in [-0.2, 0) is 4.79 Å². The number of rotatable bonds is 4. The molecule has 1 N–H and O–H groups in total. The Balaban J connectivity index is 2.31. The van der Waals surface area contributed by atoms with Crippen molar-refractivity contribution < 1.29 is 32.3 Å². The Morgan fingerprint density at radius 2 is 1.79 bits per heavy atom. The van der Waals surface area contributed by atoms with Gasteiger partial charge in [-0.25, -0.2) is 22.4 Å². The molecule has 0 fully saturated rings. The quantitative estimate of drug-likeness (QED) is 0.519. The summed E-state index contributed by atoms with van der Waals surface area (Å²) in [6.45, 7) is 1.52. The topological polar surface area (TPSA) is 71.7 Å². The highest BCUT2D eigenvalue weighted by Gasteiger charge is 2.26. The molecule has 1 amide bonds. The number of benzene rings is 2. The molecule has 0 bridgehead atoms. The van der Waals surface area contributed by atoms with Crippen molar-refractivity contribution in [2.75, 3.05) is 0 Å². The highest BCUT2D eigenvalue weighted by Crippen LogP contribution is 2.28. The van der Waals surface area contributed by atoms with E-state index in [1.165, 1.54) is 19.1 Å². The molecular weight excluding hydrogens is 400 g/mol. The van der Waals surface area contributed by atoms with Gasteiger partial charge in [0, 0.05) is 11.6 Å². The Morgan fingerprint density at radius 1 is 1.14 bits per heavy atom. The van der Waals surface area contributed by atoms with Gasteiger partial charge in [0.2, 0.25) is 0 Å². The fourth-order valence-electron chi connectivity index (χ4n) is 2.67. The van der Waals surface area contributed by atoms with Gasteiger partial charge in [-0.05, 0) is 30.7 Å². The number of carboxylic acids is 1. The molecule has 0 aliphatic carbocycles. The monoisotopic (exact) mass is 412 g/mol. The van der Waals surface area contributed by atoms with E-state index in [4.69, 9.17) is 0 Å². The van der Waals surface area contributed by atoms with Gasteiger partial charge in [0.1, 0.15) is 11.9 Å². The second-order valence-corrected chi connectivity index (χ2v) is 6.75. The van der Waals surface area contributed by atoms with Gasteiger partial charge in [0.05, 0.1) is 10.2 Å². The van der Waals surface area contributed by atoms with Gasteiger partial charge in [-0.15, -0.1) is 0 Å². The standard InChI is InChI=1S/C18H12F4N2O3S/c1-2-11(17(26)27)24-12-7-10(20)13(21)14(22)15(12)28-18(24)23-16(25)8-3-5-9(19)6-4-8/h3-7,11H,2H2,1H3,(H,26,27)/b23-18-. The Bertz CT molecular complexity index is 1150. The van der Waals surface area contributed by atoms with Crippen LogP contribution in [0.3, 0.4) is 0 Å². The summed E-state index contributed by atoms with van der Waals surface area (Å²) >= 11 is 0.517. The number of hydrogen-bond donors (Lipinski definition) is 1. The maximum absolute atomic E-state index is 14.2. The van der Waals surface area contributed by atoms with Crippen LogP contribution in [0.25, 0.3) is 10.2 Å². The number of aromatic nitrogens is 1. The van der Waals surface area contributed by atoms with Crippen molar-refractivity contribution in [2.24, 2.45) is 4.99 Å². The zero-order valence-electron chi connectivity index (χ0n) is 14.2. The van der Waals surface area contributed by atoms with Gasteiger partial charge in [0.15, 0.2) is 22.3 Å². The SMILES string of the molecule is CCC(C(=O)O)n1/c(=N/C(=O)c2ccc(F)cc2)sc2c(F)c(F)c(F)cc21. The number of carbonyl (C=O) groups is 2. The Labute approximate surface area is 159 Å². The molecule has 0 radical (unpaired) electrons. The van der Waals surface area contributed by atoms with Gasteiger partial charge < -0.3 is 9.67 Å². The molecule has 1 heterocycles. The average Bonchev–Trinajstić information content (AvgIpc) is 2.99. The lowest BCUT2D eigenvalue weighted by molar-refractivity contribution is -0.140. The van der Waals surface area contributed by atoms with E-state index in [1.807, 2.05) is 0 Å². The first-order chi connectivity index (χ1) is 13.2. The summed E-state index contributed by atoms with van der Waals surface area (Å²) < 4.78 is 55.2. The van der Waals surface area contributed by atoms with E-state index in [1.54, 1.807) is 0 Å². The van der Waals surface area contributed by atoms with Crippen LogP contribution in [0.1, 0.15) is 29.7 Å². The first-order valence-electron chi connectivity index (χ1n) is 8.00. The van der Waals surface area contributed by atoms with Crippen molar-refractivity contribution in [2.45, 2.75) is 19.4 Å². The first kappa shape index (κ1) is 19.7. The minimum absolute atomic E-state index is 0.00612. The van der Waals surface area contributed by atoms with Gasteiger partial charge in [-0.2, -0.15) is 4.99 Å². The maximum atomic E-state index is 14.2. The van der Waals surface area contributed by atoms with Crippen molar-refractivity contribution in [3.05, 3.63) is 64.0 Å². The summed E-state index contributed by atoms with van der Waals surface area (Å²) in [4.78, 5) is 27.5. The molecule has 2 aromatic carbocycles. The maximum Gasteiger partial charge on any atom is 0.326 e. The van der Waals surface area contributed by atoms with Crippen LogP contribution < -0.4 is 4.80 Å². The summed E-state index contributed by atoms with van der Waals surface area (Å²) in [6, 6.07) is 3.80. The number of fused-ring (bicyclic) bond motifs is 1. The Morgan fingerprint density at radius 3 is 2.36 bits per heavy atom. The highest BCUT2D eigenvalue weighted by molar-refractivity contribution is 7.16. The number of halogens is 4. The molecule has 146 valence electrons. The molecule has 1 atom stereocenters. The van der Waals surface area contributed by atoms with E-state index in [9.17, 15) is 32.3 Å². The zero-order chi connectivity index (χ0) is 20.6. The largest absolute Gasteiger partial charge is 0.480 e. The normalized spacial score (nSPS) is 13.1. The van der Waals surface area contributed by atoms with Crippen molar-refractivity contribution in [1.82, 2.24) is 4.57 Å². The van der Waals surface area contributed by atoms with E-state index in [2.05, 4.69) is 4.99 Å². The molecule has 0 aliphatic heterocycles. The van der Waals surface area contributed by atoms with E-state index < -0.39 is 41.2 Å². The number of amides is 1. The van der Waals surface area contributed by atoms with Crippen LogP contribution >= 0.6 is 11.3 Å². The number of carbonyl (C=O) groups excluding carboxylic acids is 1. The second kappa shape index (κ2) is 7.55. The van der Waals surface area contributed by atoms with Crippen molar-refractivity contribution in [3.8, 4) is 0 Å². The predicted molar refractivity (Wildman–Crippen MR) is 92.9 cm³/mol. The van der Waals surface area contributed by atoms with Crippen molar-refractivity contribution >= 4 is 33.4 Å². The molecule has 0 spiro atoms. The summed E-state index contributed by atoms with van der Waals surface area (Å²) in [5.41, 5.74) is -0.229. The molecule has 0 saturated heterocycles. The molecule has 1 unspecified atom stereocenters. The number of nitrogens with zero attached hydrogens (tertiary/aromatic N) is 2. The lowest BCUT2D eigenvalue weighted by atomic mass is 10.2. The van der Waals surface area contributed by atoms with Crippen LogP contribution in [0, 0.1) is 23.3 Å². The minimum Gasteiger partial charge on any atom is -0.480 e. The molecule has 28 heavy (non-hydrogen) atoms. The average molecular weight is 412 g/mol. The second-order valence-electron chi connectivity index (χ2n) is 5.78. The third-order valence-corrected chi connectivity index (χ3v) is 5.09. The summed E-state index contributed by atoms with van der Waals surface area (Å²) in [5, 5.41) is 9.46. The van der Waals surface area contributed by atoms with Gasteiger partial charge in [-0.1, -0.05) is 18.3 Å². The summed E-state index contributed by atoms with van der Waals surface area (Å²) in [5.74, 6) is -7.43. The Hall–Kier alpha value is -3.01. The van der Waals surface area contributed by atoms with Crippen LogP contribution in [0.4, 0.5) is 17.6 Å². The summed E-state index contributed by atoms with van der Waals surface area (Å²) in [7, 11) is 0. The first-order valence-corrected chi connectivity index (χ1v) is 8.82. The smallest absolute Gasteiger partial charge is 0.326 e. The Kier molecular flexibility index (Phi) is 5.32. The summed E-state index contributed by atoms with van der Waals surface area (Å²) in [6.07, 6.45) is 0.0136. The fourth-order valence-corrected chi connectivity index (χ4v) is 3.75. The molecule has 10 heteroatoms. The van der Waals surface area contributed by atoms with Gasteiger partial charge in [0.25, 0.3) is 5.91 Å². The van der Waals surface area contributed by atoms with Crippen LogP contribution in [0.15, 0.2) is 35.3 Å². The van der Waals surface area contributed by atoms with Crippen LogP contribution in [0.5, 0.6) is 0 Å². The lowest BCUT2D eigenvalue weighted by Crippen LogP contribution is -2.27. The zero-order valence-corrected chi connectivity index (χ0v) is 15.1. The van der Waals surface area contributed by atoms with Crippen molar-refractivity contribution in [3.63, 3.8) is 0 Å². The van der Waals surface area contributed by atoms with Crippen LogP contribution in [-0.4, -0.2) is 21.6 Å². The molecule has 1 aromatic heterocycles. The van der Waals surface area contributed by atoms with Crippen LogP contribution in [0.2, 0.25) is 0 Å². The lowest BCUT2D eigenvalue weighted by Gasteiger charge is -2.13. The molecule has 3 rings (SSSR count). The van der Waals surface area contributed by atoms with E-state index in [0.717, 1.165) is 16.7 Å². The third kappa shape index (κ3) is 3.42. The fraction of sp³-hybridized carbons (Fsp3) is 0.167. The molecular formula is C18H12F4N2O3S. The predicted octanol–water partition coefficient (Wildman–Crippen LogP) is 4.04. The molecule has 0 aliphatic rings. The number of hydrogen-bond acceptors (Lipinski definition) is 3. The molecule has 5 nitrogen and oxygen atoms in total. The van der Waals surface area contributed by atoms with Crippen molar-refractivity contribution in [1.29, 1.82) is 0 Å². The van der Waals surface area contributed by atoms with Gasteiger partial charge >= 0.3 is 5.97 Å². The molecule has 3 aromatic rings. The van der Waals surface area contributed by atoms with E-state index in [-0.39, 0.29) is 27.0 Å². The number of aliphatic carboxylic acids is 1. The highest BCUT2D eigenvalue weighted by atomic mass is 32.1. The number of thiazole rings is 1. The number of carboxylic acid groups (broad SMARTS) is 1. The van der Waals surface area contributed by atoms with E-state index >= 15 is 0 Å². The van der Waals surface area contributed by atoms with Gasteiger partial charge in [-0.3, -0.25) is 4.79 Å². The third-order valence-electron chi connectivity index (χ3n) is 4.03. The molecule has 0 saturated carbocycles. The van der Waals surface area contributed by atoms with E-state index in [0.29, 0.717) is 17.4 Å². The minimum atomic E-state index is -1.71.